The van der Waals surface area contributed by atoms with E-state index >= 15 is 0 Å². The van der Waals surface area contributed by atoms with Crippen LogP contribution in [0.1, 0.15) is 35.1 Å². The summed E-state index contributed by atoms with van der Waals surface area (Å²) >= 11 is 1.71. The Balaban J connectivity index is 1.91. The predicted octanol–water partition coefficient (Wildman–Crippen LogP) is 3.44. The number of rotatable bonds is 3. The van der Waals surface area contributed by atoms with Gasteiger partial charge in [-0.2, -0.15) is 0 Å². The number of fused-ring (bicyclic) bond motifs is 1. The monoisotopic (exact) mass is 300 g/mol. The smallest absolute Gasteiger partial charge is 0.272 e. The zero-order valence-corrected chi connectivity index (χ0v) is 13.1. The molecule has 110 valence electrons. The molecule has 3 rings (SSSR count). The topological polar surface area (TPSA) is 58.9 Å². The quantitative estimate of drug-likeness (QED) is 0.854. The van der Waals surface area contributed by atoms with Gasteiger partial charge in [0.05, 0.1) is 5.03 Å². The number of aromatic nitrogens is 1. The fourth-order valence-electron chi connectivity index (χ4n) is 2.88. The highest BCUT2D eigenvalue weighted by Gasteiger charge is 2.19. The fraction of sp³-hybridized carbons (Fsp3) is 0.353. The number of aryl methyl sites for hydroxylation is 1. The van der Waals surface area contributed by atoms with Crippen molar-refractivity contribution in [1.29, 1.82) is 0 Å². The number of anilines is 1. The van der Waals surface area contributed by atoms with Gasteiger partial charge in [-0.3, -0.25) is 4.79 Å². The number of benzene rings is 1. The molecule has 0 saturated heterocycles. The third-order valence-corrected chi connectivity index (χ3v) is 5.26. The average molecular weight is 300 g/mol. The van der Waals surface area contributed by atoms with E-state index in [-0.39, 0.29) is 5.56 Å². The van der Waals surface area contributed by atoms with Crippen molar-refractivity contribution in [2.24, 2.45) is 0 Å². The summed E-state index contributed by atoms with van der Waals surface area (Å²) in [7, 11) is 0. The zero-order chi connectivity index (χ0) is 14.8. The van der Waals surface area contributed by atoms with Gasteiger partial charge < -0.3 is 10.7 Å². The lowest BCUT2D eigenvalue weighted by Gasteiger charge is -2.20. The van der Waals surface area contributed by atoms with Crippen LogP contribution in [0.25, 0.3) is 0 Å². The van der Waals surface area contributed by atoms with Crippen molar-refractivity contribution in [3.05, 3.63) is 56.9 Å². The Kier molecular flexibility index (Phi) is 4.06. The Labute approximate surface area is 129 Å². The van der Waals surface area contributed by atoms with Gasteiger partial charge in [-0.15, -0.1) is 11.8 Å². The fourth-order valence-corrected chi connectivity index (χ4v) is 4.07. The maximum Gasteiger partial charge on any atom is 0.272 e. The molecule has 3 N–H and O–H groups in total. The van der Waals surface area contributed by atoms with Crippen LogP contribution in [0, 0.1) is 6.92 Å². The minimum atomic E-state index is -0.136. The summed E-state index contributed by atoms with van der Waals surface area (Å²) in [6.45, 7) is 2.12. The molecule has 2 aromatic rings. The lowest BCUT2D eigenvalue weighted by molar-refractivity contribution is 0.667. The average Bonchev–Trinajstić information content (AvgIpc) is 2.51. The second-order valence-electron chi connectivity index (χ2n) is 5.58. The molecule has 0 unspecified atom stereocenters. The largest absolute Gasteiger partial charge is 0.394 e. The Morgan fingerprint density at radius 2 is 1.90 bits per heavy atom. The lowest BCUT2D eigenvalue weighted by Crippen LogP contribution is -2.20. The van der Waals surface area contributed by atoms with Gasteiger partial charge in [-0.25, -0.2) is 0 Å². The molecule has 0 fully saturated rings. The van der Waals surface area contributed by atoms with E-state index in [9.17, 15) is 4.79 Å². The summed E-state index contributed by atoms with van der Waals surface area (Å²) < 4.78 is 0. The highest BCUT2D eigenvalue weighted by Crippen LogP contribution is 2.32. The van der Waals surface area contributed by atoms with Crippen molar-refractivity contribution in [2.45, 2.75) is 43.4 Å². The molecule has 21 heavy (non-hydrogen) atoms. The van der Waals surface area contributed by atoms with Gasteiger partial charge in [-0.1, -0.05) is 24.3 Å². The Morgan fingerprint density at radius 1 is 1.19 bits per heavy atom. The van der Waals surface area contributed by atoms with Crippen molar-refractivity contribution in [1.82, 2.24) is 4.98 Å². The lowest BCUT2D eigenvalue weighted by atomic mass is 9.92. The van der Waals surface area contributed by atoms with Crippen LogP contribution in [-0.4, -0.2) is 4.98 Å². The van der Waals surface area contributed by atoms with Gasteiger partial charge in [0.15, 0.2) is 0 Å². The SMILES string of the molecule is Cc1ccccc1CSc1[nH]c(=O)c(N)c2c1CCCC2. The number of nitrogens with two attached hydrogens (primary N) is 1. The first-order valence-corrected chi connectivity index (χ1v) is 8.36. The maximum absolute atomic E-state index is 12.0. The molecule has 3 nitrogen and oxygen atoms in total. The molecule has 0 radical (unpaired) electrons. The van der Waals surface area contributed by atoms with Crippen molar-refractivity contribution >= 4 is 17.4 Å². The normalized spacial score (nSPS) is 14.0. The molecule has 0 bridgehead atoms. The third-order valence-electron chi connectivity index (χ3n) is 4.17. The van der Waals surface area contributed by atoms with E-state index in [1.807, 2.05) is 0 Å². The zero-order valence-electron chi connectivity index (χ0n) is 12.2. The third kappa shape index (κ3) is 2.86. The summed E-state index contributed by atoms with van der Waals surface area (Å²) in [6, 6.07) is 8.38. The van der Waals surface area contributed by atoms with E-state index in [1.165, 1.54) is 23.1 Å². The Morgan fingerprint density at radius 3 is 2.67 bits per heavy atom. The maximum atomic E-state index is 12.0. The van der Waals surface area contributed by atoms with Crippen LogP contribution in [0.5, 0.6) is 0 Å². The minimum Gasteiger partial charge on any atom is -0.394 e. The van der Waals surface area contributed by atoms with Crippen LogP contribution >= 0.6 is 11.8 Å². The predicted molar refractivity (Wildman–Crippen MR) is 88.9 cm³/mol. The summed E-state index contributed by atoms with van der Waals surface area (Å²) in [6.07, 6.45) is 4.26. The molecule has 4 heteroatoms. The highest BCUT2D eigenvalue weighted by atomic mass is 32.2. The van der Waals surface area contributed by atoms with Crippen LogP contribution in [0.2, 0.25) is 0 Å². The number of pyridine rings is 1. The number of hydrogen-bond donors (Lipinski definition) is 2. The van der Waals surface area contributed by atoms with Crippen LogP contribution in [0.4, 0.5) is 5.69 Å². The number of nitrogens with one attached hydrogen (secondary N) is 1. The van der Waals surface area contributed by atoms with Gasteiger partial charge in [-0.05, 0) is 54.9 Å². The molecule has 0 spiro atoms. The summed E-state index contributed by atoms with van der Waals surface area (Å²) in [5, 5.41) is 1.01. The van der Waals surface area contributed by atoms with Crippen molar-refractivity contribution in [2.75, 3.05) is 5.73 Å². The second-order valence-corrected chi connectivity index (χ2v) is 6.56. The first kappa shape index (κ1) is 14.3. The van der Waals surface area contributed by atoms with Crippen molar-refractivity contribution in [3.8, 4) is 0 Å². The van der Waals surface area contributed by atoms with E-state index in [0.717, 1.165) is 35.6 Å². The molecule has 0 aliphatic heterocycles. The summed E-state index contributed by atoms with van der Waals surface area (Å²) in [4.78, 5) is 15.0. The minimum absolute atomic E-state index is 0.136. The van der Waals surface area contributed by atoms with Crippen molar-refractivity contribution < 1.29 is 0 Å². The Bertz CT molecular complexity index is 721. The van der Waals surface area contributed by atoms with Crippen LogP contribution in [0.3, 0.4) is 0 Å². The first-order valence-electron chi connectivity index (χ1n) is 7.37. The molecule has 0 saturated carbocycles. The molecule has 1 aromatic carbocycles. The van der Waals surface area contributed by atoms with Gasteiger partial charge >= 0.3 is 0 Å². The standard InChI is InChI=1S/C17H20N2OS/c1-11-6-2-3-7-12(11)10-21-17-14-9-5-4-8-13(14)15(18)16(20)19-17/h2-3,6-7H,4-5,8-10,18H2,1H3,(H,19,20). The highest BCUT2D eigenvalue weighted by molar-refractivity contribution is 7.98. The molecule has 0 amide bonds. The van der Waals surface area contributed by atoms with E-state index in [1.54, 1.807) is 11.8 Å². The van der Waals surface area contributed by atoms with Gasteiger partial charge in [0.1, 0.15) is 5.69 Å². The van der Waals surface area contributed by atoms with E-state index in [4.69, 9.17) is 5.73 Å². The number of thioether (sulfide) groups is 1. The summed E-state index contributed by atoms with van der Waals surface area (Å²) in [5.74, 6) is 0.874. The van der Waals surface area contributed by atoms with Gasteiger partial charge in [0, 0.05) is 5.75 Å². The molecule has 1 aliphatic rings. The van der Waals surface area contributed by atoms with E-state index < -0.39 is 0 Å². The molecule has 1 heterocycles. The van der Waals surface area contributed by atoms with E-state index in [0.29, 0.717) is 5.69 Å². The number of hydrogen-bond acceptors (Lipinski definition) is 3. The van der Waals surface area contributed by atoms with Gasteiger partial charge in [0.25, 0.3) is 5.56 Å². The first-order chi connectivity index (χ1) is 10.2. The number of nitrogen functional groups attached to an aromatic ring is 1. The van der Waals surface area contributed by atoms with Crippen molar-refractivity contribution in [3.63, 3.8) is 0 Å². The Hall–Kier alpha value is -1.68. The number of H-pyrrole nitrogens is 1. The summed E-state index contributed by atoms with van der Waals surface area (Å²) in [5.41, 5.74) is 11.2. The molecular formula is C17H20N2OS. The molecule has 1 aromatic heterocycles. The second kappa shape index (κ2) is 5.98. The van der Waals surface area contributed by atoms with Crippen LogP contribution in [-0.2, 0) is 18.6 Å². The molecule has 1 aliphatic carbocycles. The van der Waals surface area contributed by atoms with E-state index in [2.05, 4.69) is 36.2 Å². The van der Waals surface area contributed by atoms with Crippen LogP contribution < -0.4 is 11.3 Å². The molecule has 0 atom stereocenters. The van der Waals surface area contributed by atoms with Crippen LogP contribution in [0.15, 0.2) is 34.1 Å². The van der Waals surface area contributed by atoms with Gasteiger partial charge in [0.2, 0.25) is 0 Å². The molecular weight excluding hydrogens is 280 g/mol. The number of aromatic amines is 1.